The summed E-state index contributed by atoms with van der Waals surface area (Å²) in [5.41, 5.74) is 0.0668. The van der Waals surface area contributed by atoms with E-state index in [1.807, 2.05) is 6.92 Å². The number of hydrogen-bond acceptors (Lipinski definition) is 11. The molecule has 2 amide bonds. The van der Waals surface area contributed by atoms with Crippen molar-refractivity contribution in [2.75, 3.05) is 18.6 Å². The molecule has 1 aromatic heterocycles. The standard InChI is InChI=1S/C16H15N7O6S3/c1-6-18-19-16(32-6)31-5-7-4-30-14-10(13(25)22(14)11(7)15(26)27)17-12(24)9-8(23(28)29)3-21(2)20-9/h3,9-10,14H,4-5H2,1-2H3,(H-,17,24,26,27)/p+1. The highest BCUT2D eigenvalue weighted by molar-refractivity contribution is 8.01. The Kier molecular flexibility index (Phi) is 6.00. The van der Waals surface area contributed by atoms with Crippen molar-refractivity contribution in [3.05, 3.63) is 38.3 Å². The van der Waals surface area contributed by atoms with Crippen LogP contribution in [-0.4, -0.2) is 83.6 Å². The molecular weight excluding hydrogens is 482 g/mol. The van der Waals surface area contributed by atoms with E-state index >= 15 is 0 Å². The fraction of sp³-hybridized carbons (Fsp3) is 0.438. The maximum atomic E-state index is 12.7. The molecule has 0 aliphatic carbocycles. The lowest BCUT2D eigenvalue weighted by atomic mass is 10.0. The van der Waals surface area contributed by atoms with E-state index < -0.39 is 45.9 Å². The van der Waals surface area contributed by atoms with Crippen molar-refractivity contribution >= 4 is 52.6 Å². The zero-order valence-electron chi connectivity index (χ0n) is 16.6. The van der Waals surface area contributed by atoms with Gasteiger partial charge in [-0.1, -0.05) is 27.8 Å². The first kappa shape index (κ1) is 22.3. The molecule has 168 valence electrons. The van der Waals surface area contributed by atoms with Crippen molar-refractivity contribution in [3.63, 3.8) is 0 Å². The molecule has 32 heavy (non-hydrogen) atoms. The van der Waals surface area contributed by atoms with E-state index in [0.29, 0.717) is 21.4 Å². The summed E-state index contributed by atoms with van der Waals surface area (Å²) >= 11 is 4.06. The maximum Gasteiger partial charge on any atom is 0.352 e. The molecule has 3 aliphatic rings. The lowest BCUT2D eigenvalue weighted by molar-refractivity contribution is -0.498. The van der Waals surface area contributed by atoms with Gasteiger partial charge in [0.05, 0.1) is 4.92 Å². The third-order valence-corrected chi connectivity index (χ3v) is 8.18. The summed E-state index contributed by atoms with van der Waals surface area (Å²) in [5, 5.41) is 35.4. The third kappa shape index (κ3) is 4.00. The molecule has 13 nitrogen and oxygen atoms in total. The molecule has 4 rings (SSSR count). The van der Waals surface area contributed by atoms with Crippen LogP contribution in [0.5, 0.6) is 0 Å². The lowest BCUT2D eigenvalue weighted by Gasteiger charge is -2.49. The van der Waals surface area contributed by atoms with Gasteiger partial charge < -0.3 is 10.4 Å². The van der Waals surface area contributed by atoms with Crippen LogP contribution >= 0.6 is 34.9 Å². The number of azo groups is 2. The molecule has 3 aliphatic heterocycles. The SMILES string of the molecule is Cc1nnc(SCC2=C(C(=O)O)N3C(=O)C(NC(=O)C4N=[N+](C)C=C4[N+](=O)[O-])C3SC2)s1. The predicted molar refractivity (Wildman–Crippen MR) is 113 cm³/mol. The molecule has 3 unspecified atom stereocenters. The average molecular weight is 499 g/mol. The van der Waals surface area contributed by atoms with Crippen molar-refractivity contribution in [1.29, 1.82) is 0 Å². The molecule has 1 saturated heterocycles. The number of hydrogen-bond donors (Lipinski definition) is 2. The van der Waals surface area contributed by atoms with Crippen molar-refractivity contribution < 1.29 is 29.1 Å². The van der Waals surface area contributed by atoms with Gasteiger partial charge in [-0.25, -0.2) is 4.79 Å². The minimum absolute atomic E-state index is 0.103. The van der Waals surface area contributed by atoms with Gasteiger partial charge in [-0.15, -0.1) is 22.0 Å². The van der Waals surface area contributed by atoms with E-state index in [1.165, 1.54) is 46.6 Å². The van der Waals surface area contributed by atoms with Crippen LogP contribution in [-0.2, 0) is 14.4 Å². The summed E-state index contributed by atoms with van der Waals surface area (Å²) in [6.07, 6.45) is 1.13. The average Bonchev–Trinajstić information content (AvgIpc) is 3.34. The van der Waals surface area contributed by atoms with E-state index in [9.17, 15) is 29.6 Å². The molecule has 0 bridgehead atoms. The zero-order chi connectivity index (χ0) is 23.2. The number of carboxylic acid groups (broad SMARTS) is 1. The molecule has 0 spiro atoms. The number of nitro groups is 1. The van der Waals surface area contributed by atoms with Crippen molar-refractivity contribution in [2.24, 2.45) is 5.11 Å². The molecule has 0 radical (unpaired) electrons. The number of carboxylic acids is 1. The summed E-state index contributed by atoms with van der Waals surface area (Å²) in [6.45, 7) is 1.82. The number of β-lactam (4-membered cyclic amide) rings is 1. The van der Waals surface area contributed by atoms with Crippen LogP contribution in [0.3, 0.4) is 0 Å². The number of amides is 2. The van der Waals surface area contributed by atoms with E-state index in [4.69, 9.17) is 0 Å². The Morgan fingerprint density at radius 3 is 2.84 bits per heavy atom. The Morgan fingerprint density at radius 1 is 1.47 bits per heavy atom. The predicted octanol–water partition coefficient (Wildman–Crippen LogP) is 0.272. The number of nitrogens with zero attached hydrogens (tertiary/aromatic N) is 6. The summed E-state index contributed by atoms with van der Waals surface area (Å²) in [4.78, 5) is 48.9. The Labute approximate surface area is 192 Å². The van der Waals surface area contributed by atoms with Crippen LogP contribution in [0, 0.1) is 17.0 Å². The van der Waals surface area contributed by atoms with Crippen molar-refractivity contribution in [3.8, 4) is 0 Å². The molecule has 1 aromatic rings. The van der Waals surface area contributed by atoms with Gasteiger partial charge in [-0.2, -0.15) is 0 Å². The van der Waals surface area contributed by atoms with Crippen LogP contribution in [0.1, 0.15) is 5.01 Å². The van der Waals surface area contributed by atoms with E-state index in [2.05, 4.69) is 20.6 Å². The van der Waals surface area contributed by atoms with Gasteiger partial charge in [0.1, 0.15) is 22.1 Å². The normalized spacial score (nSPS) is 24.5. The molecule has 3 atom stereocenters. The Balaban J connectivity index is 1.47. The molecule has 1 fully saturated rings. The van der Waals surface area contributed by atoms with Gasteiger partial charge in [-0.3, -0.25) is 24.6 Å². The third-order valence-electron chi connectivity index (χ3n) is 4.78. The topological polar surface area (TPSA) is 171 Å². The monoisotopic (exact) mass is 498 g/mol. The van der Waals surface area contributed by atoms with Gasteiger partial charge >= 0.3 is 11.7 Å². The zero-order valence-corrected chi connectivity index (χ0v) is 19.1. The minimum Gasteiger partial charge on any atom is -0.477 e. The number of rotatable bonds is 7. The van der Waals surface area contributed by atoms with Crippen LogP contribution in [0.15, 0.2) is 32.6 Å². The van der Waals surface area contributed by atoms with E-state index in [-0.39, 0.29) is 5.70 Å². The molecule has 0 saturated carbocycles. The first-order chi connectivity index (χ1) is 15.2. The summed E-state index contributed by atoms with van der Waals surface area (Å²) in [5.74, 6) is -1.92. The molecule has 0 aromatic carbocycles. The number of aryl methyl sites for hydroxylation is 1. The van der Waals surface area contributed by atoms with Crippen LogP contribution in [0.2, 0.25) is 0 Å². The lowest BCUT2D eigenvalue weighted by Crippen LogP contribution is -2.71. The van der Waals surface area contributed by atoms with Crippen LogP contribution < -0.4 is 5.32 Å². The highest BCUT2D eigenvalue weighted by Crippen LogP contribution is 2.42. The van der Waals surface area contributed by atoms with E-state index in [0.717, 1.165) is 16.1 Å². The Morgan fingerprint density at radius 2 is 2.22 bits per heavy atom. The van der Waals surface area contributed by atoms with Gasteiger partial charge in [0.15, 0.2) is 11.4 Å². The number of aliphatic carboxylic acids is 1. The second-order valence-corrected chi connectivity index (χ2v) is 10.4. The van der Waals surface area contributed by atoms with Crippen molar-refractivity contribution in [1.82, 2.24) is 20.4 Å². The second kappa shape index (κ2) is 8.59. The molecule has 2 N–H and O–H groups in total. The quantitative estimate of drug-likeness (QED) is 0.175. The number of carbonyl (C=O) groups is 3. The fourth-order valence-electron chi connectivity index (χ4n) is 3.38. The van der Waals surface area contributed by atoms with Gasteiger partial charge in [0.2, 0.25) is 0 Å². The molecular formula is C16H16N7O6S3+. The number of thioether (sulfide) groups is 2. The second-order valence-electron chi connectivity index (χ2n) is 6.93. The van der Waals surface area contributed by atoms with Crippen LogP contribution in [0.4, 0.5) is 0 Å². The first-order valence-electron chi connectivity index (χ1n) is 9.10. The smallest absolute Gasteiger partial charge is 0.352 e. The highest BCUT2D eigenvalue weighted by Gasteiger charge is 2.55. The molecule has 4 heterocycles. The van der Waals surface area contributed by atoms with Crippen LogP contribution in [0.25, 0.3) is 0 Å². The Hall–Kier alpha value is -2.85. The number of fused-ring (bicyclic) bond motifs is 1. The van der Waals surface area contributed by atoms with Crippen molar-refractivity contribution in [2.45, 2.75) is 28.7 Å². The summed E-state index contributed by atoms with van der Waals surface area (Å²) in [6, 6.07) is -2.36. The van der Waals surface area contributed by atoms with E-state index in [1.54, 1.807) is 0 Å². The highest BCUT2D eigenvalue weighted by atomic mass is 32.2. The van der Waals surface area contributed by atoms with Gasteiger partial charge in [0.25, 0.3) is 24.1 Å². The van der Waals surface area contributed by atoms with Gasteiger partial charge in [-0.05, 0) is 17.6 Å². The van der Waals surface area contributed by atoms with Gasteiger partial charge in [0, 0.05) is 11.5 Å². The first-order valence-corrected chi connectivity index (χ1v) is 12.0. The molecule has 16 heteroatoms. The number of nitrogens with one attached hydrogen (secondary N) is 1. The largest absolute Gasteiger partial charge is 0.477 e. The minimum atomic E-state index is -1.37. The summed E-state index contributed by atoms with van der Waals surface area (Å²) < 4.78 is 1.87. The summed E-state index contributed by atoms with van der Waals surface area (Å²) in [7, 11) is 1.45. The fourth-order valence-corrected chi connectivity index (χ4v) is 6.68. The number of carbonyl (C=O) groups excluding carboxylic acids is 2. The Bertz CT molecular complexity index is 1130. The number of aromatic nitrogens is 2. The maximum absolute atomic E-state index is 12.7.